The van der Waals surface area contributed by atoms with E-state index in [0.29, 0.717) is 47.4 Å². The van der Waals surface area contributed by atoms with Crippen LogP contribution in [0.15, 0.2) is 41.3 Å². The third-order valence-electron chi connectivity index (χ3n) is 5.65. The first-order chi connectivity index (χ1) is 14.6. The first kappa shape index (κ1) is 21.1. The van der Waals surface area contributed by atoms with Crippen molar-refractivity contribution in [3.63, 3.8) is 0 Å². The fraction of sp³-hybridized carbons (Fsp3) is 0.364. The van der Waals surface area contributed by atoms with Crippen molar-refractivity contribution in [1.82, 2.24) is 25.0 Å². The molecule has 2 fully saturated rings. The Hall–Kier alpha value is -3.15. The van der Waals surface area contributed by atoms with Gasteiger partial charge in [0, 0.05) is 31.9 Å². The van der Waals surface area contributed by atoms with Crippen molar-refractivity contribution in [3.05, 3.63) is 53.7 Å². The third kappa shape index (κ3) is 4.20. The number of nitrogens with one attached hydrogen (secondary N) is 1. The van der Waals surface area contributed by atoms with Gasteiger partial charge < -0.3 is 14.6 Å². The average molecular weight is 439 g/mol. The number of hydrogen-bond donors (Lipinski definition) is 1. The molecule has 2 aliphatic rings. The van der Waals surface area contributed by atoms with Crippen molar-refractivity contribution >= 4 is 18.3 Å². The Kier molecular flexibility index (Phi) is 5.81. The lowest BCUT2D eigenvalue weighted by Crippen LogP contribution is -2.51. The number of halogens is 1. The molecule has 2 aromatic heterocycles. The number of nitriles is 1. The van der Waals surface area contributed by atoms with Crippen molar-refractivity contribution in [1.29, 1.82) is 5.26 Å². The van der Waals surface area contributed by atoms with E-state index in [1.807, 2.05) is 12.1 Å². The molecule has 0 unspecified atom stereocenters. The van der Waals surface area contributed by atoms with Gasteiger partial charge in [-0.25, -0.2) is 9.67 Å². The van der Waals surface area contributed by atoms with Gasteiger partial charge in [0.05, 0.1) is 23.0 Å². The van der Waals surface area contributed by atoms with Crippen molar-refractivity contribution in [2.75, 3.05) is 19.6 Å². The molecule has 8 nitrogen and oxygen atoms in total. The fourth-order valence-electron chi connectivity index (χ4n) is 3.86. The van der Waals surface area contributed by atoms with E-state index < -0.39 is 0 Å². The molecule has 0 spiro atoms. The summed E-state index contributed by atoms with van der Waals surface area (Å²) in [4.78, 5) is 18.9. The van der Waals surface area contributed by atoms with Gasteiger partial charge in [0.25, 0.3) is 5.91 Å². The lowest BCUT2D eigenvalue weighted by Gasteiger charge is -2.31. The maximum Gasteiger partial charge on any atom is 0.275 e. The molecule has 3 aromatic rings. The summed E-state index contributed by atoms with van der Waals surface area (Å²) >= 11 is 0. The molecule has 1 saturated carbocycles. The molecule has 1 aromatic carbocycles. The monoisotopic (exact) mass is 438 g/mol. The van der Waals surface area contributed by atoms with Crippen LogP contribution in [-0.2, 0) is 0 Å². The highest BCUT2D eigenvalue weighted by molar-refractivity contribution is 5.92. The minimum absolute atomic E-state index is 0. The summed E-state index contributed by atoms with van der Waals surface area (Å²) in [6, 6.07) is 8.47. The van der Waals surface area contributed by atoms with Gasteiger partial charge in [-0.3, -0.25) is 4.79 Å². The van der Waals surface area contributed by atoms with E-state index in [1.165, 1.54) is 24.7 Å². The van der Waals surface area contributed by atoms with Crippen LogP contribution in [0.1, 0.15) is 47.3 Å². The van der Waals surface area contributed by atoms with E-state index in [2.05, 4.69) is 34.5 Å². The maximum absolute atomic E-state index is 12.7. The average Bonchev–Trinajstić information content (AvgIpc) is 3.30. The Morgan fingerprint density at radius 3 is 2.94 bits per heavy atom. The number of aromatic nitrogens is 3. The van der Waals surface area contributed by atoms with Crippen LogP contribution in [-0.4, -0.2) is 51.2 Å². The summed E-state index contributed by atoms with van der Waals surface area (Å²) in [5.41, 5.74) is 3.45. The van der Waals surface area contributed by atoms with Gasteiger partial charge in [0.2, 0.25) is 5.89 Å². The molecule has 31 heavy (non-hydrogen) atoms. The molecule has 0 bridgehead atoms. The second kappa shape index (κ2) is 8.53. The summed E-state index contributed by atoms with van der Waals surface area (Å²) in [5, 5.41) is 17.3. The SMILES string of the molecule is C[C@H]1CN(C(=O)c2coc(-c3cnn(-c4ccc(C5CC5)cc4C#N)c3)n2)CCN1.Cl. The van der Waals surface area contributed by atoms with E-state index >= 15 is 0 Å². The van der Waals surface area contributed by atoms with Gasteiger partial charge in [-0.1, -0.05) is 6.07 Å². The highest BCUT2D eigenvalue weighted by atomic mass is 35.5. The minimum Gasteiger partial charge on any atom is -0.444 e. The van der Waals surface area contributed by atoms with Crippen LogP contribution in [0.5, 0.6) is 0 Å². The molecule has 1 atom stereocenters. The van der Waals surface area contributed by atoms with Crippen molar-refractivity contribution in [2.24, 2.45) is 0 Å². The highest BCUT2D eigenvalue weighted by Crippen LogP contribution is 2.40. The summed E-state index contributed by atoms with van der Waals surface area (Å²) in [5.74, 6) is 0.787. The predicted molar refractivity (Wildman–Crippen MR) is 116 cm³/mol. The molecule has 1 aliphatic carbocycles. The first-order valence-corrected chi connectivity index (χ1v) is 10.2. The van der Waals surface area contributed by atoms with Gasteiger partial charge >= 0.3 is 0 Å². The molecule has 1 aliphatic heterocycles. The minimum atomic E-state index is -0.131. The number of rotatable bonds is 4. The fourth-order valence-corrected chi connectivity index (χ4v) is 3.86. The zero-order valence-electron chi connectivity index (χ0n) is 17.1. The third-order valence-corrected chi connectivity index (χ3v) is 5.65. The van der Waals surface area contributed by atoms with Crippen LogP contribution in [0.4, 0.5) is 0 Å². The van der Waals surface area contributed by atoms with E-state index in [1.54, 1.807) is 22.0 Å². The normalized spacial score (nSPS) is 18.3. The second-order valence-electron chi connectivity index (χ2n) is 7.98. The Balaban J connectivity index is 0.00000231. The standard InChI is InChI=1S/C22H22N6O2.ClH/c1-14-11-27(7-6-24-14)22(29)19-13-30-21(26-19)18-10-25-28(12-18)20-5-4-16(15-2-3-15)8-17(20)9-23;/h4-5,8,10,12-15,24H,2-3,6-7,11H2,1H3;1H/t14-;/m0./s1. The number of carbonyl (C=O) groups is 1. The zero-order chi connectivity index (χ0) is 20.7. The number of piperazine rings is 1. The van der Waals surface area contributed by atoms with Crippen molar-refractivity contribution in [2.45, 2.75) is 31.7 Å². The Morgan fingerprint density at radius 2 is 2.19 bits per heavy atom. The quantitative estimate of drug-likeness (QED) is 0.671. The maximum atomic E-state index is 12.7. The predicted octanol–water partition coefficient (Wildman–Crippen LogP) is 3.13. The second-order valence-corrected chi connectivity index (χ2v) is 7.98. The molecule has 3 heterocycles. The van der Waals surface area contributed by atoms with Crippen LogP contribution in [0, 0.1) is 11.3 Å². The molecular formula is C22H23ClN6O2. The topological polar surface area (TPSA) is 100.0 Å². The Labute approximate surface area is 186 Å². The molecule has 9 heteroatoms. The van der Waals surface area contributed by atoms with E-state index in [4.69, 9.17) is 4.42 Å². The van der Waals surface area contributed by atoms with E-state index in [0.717, 1.165) is 6.54 Å². The Morgan fingerprint density at radius 1 is 1.35 bits per heavy atom. The van der Waals surface area contributed by atoms with Gasteiger partial charge in [-0.05, 0) is 43.4 Å². The van der Waals surface area contributed by atoms with Crippen LogP contribution >= 0.6 is 12.4 Å². The highest BCUT2D eigenvalue weighted by Gasteiger charge is 2.26. The summed E-state index contributed by atoms with van der Waals surface area (Å²) in [7, 11) is 0. The Bertz CT molecular complexity index is 1140. The smallest absolute Gasteiger partial charge is 0.275 e. The molecule has 0 radical (unpaired) electrons. The van der Waals surface area contributed by atoms with Crippen LogP contribution in [0.3, 0.4) is 0 Å². The van der Waals surface area contributed by atoms with Gasteiger partial charge in [0.15, 0.2) is 5.69 Å². The van der Waals surface area contributed by atoms with Crippen molar-refractivity contribution < 1.29 is 9.21 Å². The first-order valence-electron chi connectivity index (χ1n) is 10.2. The number of benzene rings is 1. The summed E-state index contributed by atoms with van der Waals surface area (Å²) in [6.07, 6.45) is 7.16. The van der Waals surface area contributed by atoms with Gasteiger partial charge in [0.1, 0.15) is 12.3 Å². The molecule has 1 amide bonds. The van der Waals surface area contributed by atoms with Gasteiger partial charge in [-0.15, -0.1) is 12.4 Å². The summed E-state index contributed by atoms with van der Waals surface area (Å²) in [6.45, 7) is 4.11. The summed E-state index contributed by atoms with van der Waals surface area (Å²) < 4.78 is 7.21. The molecular weight excluding hydrogens is 416 g/mol. The van der Waals surface area contributed by atoms with Crippen LogP contribution in [0.2, 0.25) is 0 Å². The number of hydrogen-bond acceptors (Lipinski definition) is 6. The lowest BCUT2D eigenvalue weighted by molar-refractivity contribution is 0.0703. The number of nitrogens with zero attached hydrogens (tertiary/aromatic N) is 5. The number of oxazole rings is 1. The van der Waals surface area contributed by atoms with Gasteiger partial charge in [-0.2, -0.15) is 10.4 Å². The molecule has 5 rings (SSSR count). The van der Waals surface area contributed by atoms with Crippen LogP contribution in [0.25, 0.3) is 17.1 Å². The lowest BCUT2D eigenvalue weighted by atomic mass is 10.1. The van der Waals surface area contributed by atoms with E-state index in [-0.39, 0.29) is 24.4 Å². The molecule has 1 N–H and O–H groups in total. The van der Waals surface area contributed by atoms with Crippen LogP contribution < -0.4 is 5.32 Å². The molecule has 160 valence electrons. The zero-order valence-corrected chi connectivity index (χ0v) is 17.9. The largest absolute Gasteiger partial charge is 0.444 e. The number of carbonyl (C=O) groups excluding carboxylic acids is 1. The molecule has 1 saturated heterocycles. The van der Waals surface area contributed by atoms with Crippen molar-refractivity contribution in [3.8, 4) is 23.2 Å². The van der Waals surface area contributed by atoms with E-state index in [9.17, 15) is 10.1 Å². The number of amides is 1.